The molecule has 0 aromatic heterocycles. The third-order valence-electron chi connectivity index (χ3n) is 7.79. The summed E-state index contributed by atoms with van der Waals surface area (Å²) in [5.41, 5.74) is 16.0. The molecule has 2 aliphatic heterocycles. The Balaban J connectivity index is 1.26. The van der Waals surface area contributed by atoms with Crippen LogP contribution in [0.25, 0.3) is 0 Å². The zero-order chi connectivity index (χ0) is 22.7. The Labute approximate surface area is 192 Å². The lowest BCUT2D eigenvalue weighted by Crippen LogP contribution is -2.52. The maximum atomic E-state index is 13.3. The number of Topliss-reactive ketones (excluding diaryl/α,β-unsaturated/α-hetero) is 1. The van der Waals surface area contributed by atoms with Crippen LogP contribution in [0.4, 0.5) is 11.4 Å². The Bertz CT molecular complexity index is 805. The van der Waals surface area contributed by atoms with E-state index < -0.39 is 0 Å². The van der Waals surface area contributed by atoms with Crippen LogP contribution in [0.5, 0.6) is 0 Å². The monoisotopic (exact) mass is 434 g/mol. The number of hydrogen-bond acceptors (Lipinski definition) is 5. The molecule has 2 aromatic rings. The van der Waals surface area contributed by atoms with Crippen molar-refractivity contribution < 1.29 is 4.79 Å². The van der Waals surface area contributed by atoms with Crippen LogP contribution < -0.4 is 11.5 Å². The van der Waals surface area contributed by atoms with E-state index in [9.17, 15) is 4.79 Å². The van der Waals surface area contributed by atoms with Crippen LogP contribution in [-0.4, -0.2) is 53.8 Å². The topological polar surface area (TPSA) is 75.6 Å². The van der Waals surface area contributed by atoms with Gasteiger partial charge in [-0.2, -0.15) is 0 Å². The second kappa shape index (κ2) is 10.1. The van der Waals surface area contributed by atoms with Gasteiger partial charge in [-0.1, -0.05) is 24.3 Å². The molecule has 4 N–H and O–H groups in total. The minimum Gasteiger partial charge on any atom is -0.399 e. The first-order valence-electron chi connectivity index (χ1n) is 12.1. The number of benzene rings is 2. The number of carbonyl (C=O) groups excluding carboxylic acids is 1. The number of nitrogen functional groups attached to an aromatic ring is 2. The summed E-state index contributed by atoms with van der Waals surface area (Å²) in [6, 6.07) is 16.5. The van der Waals surface area contributed by atoms with Crippen LogP contribution in [0, 0.1) is 0 Å². The first kappa shape index (κ1) is 22.8. The van der Waals surface area contributed by atoms with Gasteiger partial charge in [0.15, 0.2) is 5.78 Å². The molecule has 0 aliphatic carbocycles. The molecule has 2 saturated heterocycles. The highest BCUT2D eigenvalue weighted by Crippen LogP contribution is 2.31. The van der Waals surface area contributed by atoms with Gasteiger partial charge in [0.2, 0.25) is 0 Å². The molecule has 172 valence electrons. The predicted molar refractivity (Wildman–Crippen MR) is 133 cm³/mol. The molecule has 0 radical (unpaired) electrons. The molecule has 2 unspecified atom stereocenters. The SMILES string of the molecule is CC(C(=O)C(C)N1CCC(c2ccc(N)cc2)CC1)N1CCC(c2ccc(N)cc2)CC1. The van der Waals surface area contributed by atoms with Crippen molar-refractivity contribution in [1.82, 2.24) is 9.80 Å². The number of nitrogens with zero attached hydrogens (tertiary/aromatic N) is 2. The van der Waals surface area contributed by atoms with Crippen molar-refractivity contribution in [3.8, 4) is 0 Å². The number of nitrogens with two attached hydrogens (primary N) is 2. The van der Waals surface area contributed by atoms with E-state index in [0.29, 0.717) is 17.6 Å². The average Bonchev–Trinajstić information content (AvgIpc) is 2.84. The minimum atomic E-state index is -0.0211. The number of rotatable bonds is 6. The van der Waals surface area contributed by atoms with Gasteiger partial charge in [0.1, 0.15) is 0 Å². The van der Waals surface area contributed by atoms with Crippen LogP contribution in [0.2, 0.25) is 0 Å². The number of piperidine rings is 2. The van der Waals surface area contributed by atoms with Gasteiger partial charge >= 0.3 is 0 Å². The van der Waals surface area contributed by atoms with Gasteiger partial charge in [-0.05, 0) is 113 Å². The minimum absolute atomic E-state index is 0.0211. The Hall–Kier alpha value is -2.37. The van der Waals surface area contributed by atoms with Gasteiger partial charge < -0.3 is 11.5 Å². The van der Waals surface area contributed by atoms with Crippen molar-refractivity contribution in [3.05, 3.63) is 59.7 Å². The predicted octanol–water partition coefficient (Wildman–Crippen LogP) is 4.26. The Morgan fingerprint density at radius 1 is 0.688 bits per heavy atom. The van der Waals surface area contributed by atoms with Crippen LogP contribution >= 0.6 is 0 Å². The Kier molecular flexibility index (Phi) is 7.17. The maximum Gasteiger partial charge on any atom is 0.166 e. The molecule has 0 spiro atoms. The van der Waals surface area contributed by atoms with Crippen molar-refractivity contribution in [2.75, 3.05) is 37.6 Å². The summed E-state index contributed by atoms with van der Waals surface area (Å²) in [6.45, 7) is 8.12. The lowest BCUT2D eigenvalue weighted by molar-refractivity contribution is -0.129. The van der Waals surface area contributed by atoms with Crippen LogP contribution in [0.3, 0.4) is 0 Å². The molecule has 2 fully saturated rings. The molecule has 32 heavy (non-hydrogen) atoms. The summed E-state index contributed by atoms with van der Waals surface area (Å²) in [4.78, 5) is 18.1. The second-order valence-electron chi connectivity index (χ2n) is 9.71. The number of likely N-dealkylation sites (tertiary alicyclic amines) is 2. The van der Waals surface area contributed by atoms with Crippen molar-refractivity contribution >= 4 is 17.2 Å². The number of anilines is 2. The second-order valence-corrected chi connectivity index (χ2v) is 9.71. The molecule has 0 bridgehead atoms. The highest BCUT2D eigenvalue weighted by atomic mass is 16.1. The van der Waals surface area contributed by atoms with E-state index >= 15 is 0 Å². The first-order valence-corrected chi connectivity index (χ1v) is 12.1. The Morgan fingerprint density at radius 2 is 1.00 bits per heavy atom. The number of hydrogen-bond donors (Lipinski definition) is 2. The fourth-order valence-corrected chi connectivity index (χ4v) is 5.49. The van der Waals surface area contributed by atoms with Crippen LogP contribution in [-0.2, 0) is 4.79 Å². The summed E-state index contributed by atoms with van der Waals surface area (Å²) in [7, 11) is 0. The normalized spacial score (nSPS) is 21.3. The third-order valence-corrected chi connectivity index (χ3v) is 7.79. The van der Waals surface area contributed by atoms with E-state index in [0.717, 1.165) is 63.2 Å². The molecule has 2 atom stereocenters. The number of carbonyl (C=O) groups is 1. The van der Waals surface area contributed by atoms with Crippen molar-refractivity contribution in [2.45, 2.75) is 63.5 Å². The van der Waals surface area contributed by atoms with E-state index in [4.69, 9.17) is 11.5 Å². The Morgan fingerprint density at radius 3 is 1.31 bits per heavy atom. The molecular formula is C27H38N4O. The molecule has 0 amide bonds. The first-order chi connectivity index (χ1) is 15.4. The summed E-state index contributed by atoms with van der Waals surface area (Å²) in [5.74, 6) is 1.50. The highest BCUT2D eigenvalue weighted by molar-refractivity contribution is 5.88. The van der Waals surface area contributed by atoms with Gasteiger partial charge in [-0.25, -0.2) is 0 Å². The molecular weight excluding hydrogens is 396 g/mol. The van der Waals surface area contributed by atoms with E-state index in [1.54, 1.807) is 0 Å². The fraction of sp³-hybridized carbons (Fsp3) is 0.519. The third kappa shape index (κ3) is 5.16. The zero-order valence-electron chi connectivity index (χ0n) is 19.5. The van der Waals surface area contributed by atoms with Gasteiger partial charge in [0.25, 0.3) is 0 Å². The summed E-state index contributed by atoms with van der Waals surface area (Å²) < 4.78 is 0. The van der Waals surface area contributed by atoms with Gasteiger partial charge in [0.05, 0.1) is 12.1 Å². The molecule has 2 heterocycles. The molecule has 2 aliphatic rings. The number of ketones is 1. The lowest BCUT2D eigenvalue weighted by atomic mass is 9.87. The van der Waals surface area contributed by atoms with Gasteiger partial charge in [-0.3, -0.25) is 14.6 Å². The quantitative estimate of drug-likeness (QED) is 0.665. The van der Waals surface area contributed by atoms with E-state index in [-0.39, 0.29) is 12.1 Å². The standard InChI is InChI=1S/C27H38N4O/c1-19(30-15-11-23(12-16-30)21-3-7-25(28)8-4-21)27(32)20(2)31-17-13-24(14-18-31)22-5-9-26(29)10-6-22/h3-10,19-20,23-24H,11-18,28-29H2,1-2H3. The van der Waals surface area contributed by atoms with E-state index in [1.165, 1.54) is 11.1 Å². The summed E-state index contributed by atoms with van der Waals surface area (Å²) in [5, 5.41) is 0. The van der Waals surface area contributed by atoms with E-state index in [1.807, 2.05) is 24.3 Å². The average molecular weight is 435 g/mol. The van der Waals surface area contributed by atoms with Crippen molar-refractivity contribution in [1.29, 1.82) is 0 Å². The smallest absolute Gasteiger partial charge is 0.166 e. The molecule has 5 heteroatoms. The van der Waals surface area contributed by atoms with Gasteiger partial charge in [0, 0.05) is 11.4 Å². The molecule has 4 rings (SSSR count). The van der Waals surface area contributed by atoms with Gasteiger partial charge in [-0.15, -0.1) is 0 Å². The highest BCUT2D eigenvalue weighted by Gasteiger charge is 2.33. The molecule has 5 nitrogen and oxygen atoms in total. The van der Waals surface area contributed by atoms with Crippen LogP contribution in [0.1, 0.15) is 62.5 Å². The largest absolute Gasteiger partial charge is 0.399 e. The van der Waals surface area contributed by atoms with Crippen molar-refractivity contribution in [3.63, 3.8) is 0 Å². The van der Waals surface area contributed by atoms with E-state index in [2.05, 4.69) is 47.9 Å². The fourth-order valence-electron chi connectivity index (χ4n) is 5.49. The molecule has 0 saturated carbocycles. The molecule has 2 aromatic carbocycles. The zero-order valence-corrected chi connectivity index (χ0v) is 19.5. The summed E-state index contributed by atoms with van der Waals surface area (Å²) >= 11 is 0. The summed E-state index contributed by atoms with van der Waals surface area (Å²) in [6.07, 6.45) is 4.40. The lowest BCUT2D eigenvalue weighted by Gasteiger charge is -2.40. The van der Waals surface area contributed by atoms with Crippen LogP contribution in [0.15, 0.2) is 48.5 Å². The maximum absolute atomic E-state index is 13.3. The van der Waals surface area contributed by atoms with Crippen molar-refractivity contribution in [2.24, 2.45) is 0 Å².